The molecule has 0 unspecified atom stereocenters. The van der Waals surface area contributed by atoms with E-state index < -0.39 is 0 Å². The number of imidazole rings is 1. The summed E-state index contributed by atoms with van der Waals surface area (Å²) in [6.07, 6.45) is 6.54. The highest BCUT2D eigenvalue weighted by atomic mass is 35.5. The highest BCUT2D eigenvalue weighted by Gasteiger charge is 2.03. The lowest BCUT2D eigenvalue weighted by molar-refractivity contribution is 0.306. The number of rotatable bonds is 6. The van der Waals surface area contributed by atoms with Crippen LogP contribution in [0.3, 0.4) is 0 Å². The van der Waals surface area contributed by atoms with E-state index in [-0.39, 0.29) is 12.4 Å². The summed E-state index contributed by atoms with van der Waals surface area (Å²) < 4.78 is 7.84. The van der Waals surface area contributed by atoms with Gasteiger partial charge in [-0.15, -0.1) is 12.4 Å². The molecule has 0 aliphatic carbocycles. The zero-order chi connectivity index (χ0) is 16.1. The van der Waals surface area contributed by atoms with Crippen LogP contribution in [0.15, 0.2) is 61.2 Å². The van der Waals surface area contributed by atoms with Crippen LogP contribution in [0, 0.1) is 0 Å². The van der Waals surface area contributed by atoms with Crippen LogP contribution >= 0.6 is 35.6 Å². The molecule has 3 nitrogen and oxygen atoms in total. The molecule has 2 aromatic carbocycles. The van der Waals surface area contributed by atoms with Crippen molar-refractivity contribution in [1.82, 2.24) is 9.55 Å². The van der Waals surface area contributed by atoms with E-state index in [1.807, 2.05) is 36.8 Å². The van der Waals surface area contributed by atoms with E-state index in [1.165, 1.54) is 5.56 Å². The topological polar surface area (TPSA) is 27.1 Å². The number of aromatic nitrogens is 2. The Balaban J connectivity index is 0.00000208. The first kappa shape index (κ1) is 18.7. The number of nitrogens with zero attached hydrogens (tertiary/aromatic N) is 2. The van der Waals surface area contributed by atoms with Gasteiger partial charge in [-0.3, -0.25) is 0 Å². The van der Waals surface area contributed by atoms with Gasteiger partial charge in [0.25, 0.3) is 0 Å². The van der Waals surface area contributed by atoms with Crippen LogP contribution in [-0.2, 0) is 19.6 Å². The normalized spacial score (nSPS) is 10.2. The summed E-state index contributed by atoms with van der Waals surface area (Å²) in [6.45, 7) is 1.34. The highest BCUT2D eigenvalue weighted by Crippen LogP contribution is 2.23. The van der Waals surface area contributed by atoms with E-state index in [9.17, 15) is 0 Å². The molecular formula is C18H17Cl3N2O. The SMILES string of the molecule is Cl.Clc1ccc(COc2ccc(CCn3ccnc3)cc2)c(Cl)c1. The van der Waals surface area contributed by atoms with Crippen molar-refractivity contribution in [3.63, 3.8) is 0 Å². The van der Waals surface area contributed by atoms with Crippen molar-refractivity contribution in [3.05, 3.63) is 82.4 Å². The molecule has 0 atom stereocenters. The molecule has 0 N–H and O–H groups in total. The lowest BCUT2D eigenvalue weighted by Crippen LogP contribution is -1.99. The Kier molecular flexibility index (Phi) is 6.98. The van der Waals surface area contributed by atoms with E-state index in [0.29, 0.717) is 16.7 Å². The van der Waals surface area contributed by atoms with Crippen molar-refractivity contribution in [2.24, 2.45) is 0 Å². The highest BCUT2D eigenvalue weighted by molar-refractivity contribution is 6.35. The molecule has 6 heteroatoms. The van der Waals surface area contributed by atoms with Crippen LogP contribution in [0.5, 0.6) is 5.75 Å². The standard InChI is InChI=1S/C18H16Cl2N2O.ClH/c19-16-4-3-15(18(20)11-16)12-23-17-5-1-14(2-6-17)7-9-22-10-8-21-13-22;/h1-6,8,10-11,13H,7,9,12H2;1H. The molecule has 0 saturated heterocycles. The molecule has 0 aliphatic rings. The first-order valence-corrected chi connectivity index (χ1v) is 8.08. The number of ether oxygens (including phenoxy) is 1. The molecule has 0 fully saturated rings. The van der Waals surface area contributed by atoms with Crippen molar-refractivity contribution in [2.75, 3.05) is 0 Å². The predicted molar refractivity (Wildman–Crippen MR) is 100 cm³/mol. The molecule has 1 heterocycles. The molecule has 0 radical (unpaired) electrons. The average molecular weight is 384 g/mol. The molecule has 0 aliphatic heterocycles. The van der Waals surface area contributed by atoms with Gasteiger partial charge in [0.05, 0.1) is 6.33 Å². The molecule has 126 valence electrons. The van der Waals surface area contributed by atoms with Crippen LogP contribution in [-0.4, -0.2) is 9.55 Å². The number of aryl methyl sites for hydroxylation is 2. The molecule has 1 aromatic heterocycles. The van der Waals surface area contributed by atoms with Crippen molar-refractivity contribution >= 4 is 35.6 Å². The maximum atomic E-state index is 6.14. The first-order chi connectivity index (χ1) is 11.2. The summed E-state index contributed by atoms with van der Waals surface area (Å²) in [4.78, 5) is 4.04. The minimum Gasteiger partial charge on any atom is -0.489 e. The summed E-state index contributed by atoms with van der Waals surface area (Å²) in [7, 11) is 0. The third-order valence-corrected chi connectivity index (χ3v) is 4.14. The summed E-state index contributed by atoms with van der Waals surface area (Å²) in [5, 5.41) is 1.25. The molecule has 0 saturated carbocycles. The number of hydrogen-bond donors (Lipinski definition) is 0. The molecule has 0 spiro atoms. The minimum absolute atomic E-state index is 0. The van der Waals surface area contributed by atoms with E-state index in [1.54, 1.807) is 12.3 Å². The van der Waals surface area contributed by atoms with Crippen molar-refractivity contribution < 1.29 is 4.74 Å². The van der Waals surface area contributed by atoms with Gasteiger partial charge in [0.1, 0.15) is 12.4 Å². The molecule has 0 bridgehead atoms. The van der Waals surface area contributed by atoms with Gasteiger partial charge in [0, 0.05) is 34.5 Å². The van der Waals surface area contributed by atoms with Crippen LogP contribution in [0.4, 0.5) is 0 Å². The predicted octanol–water partition coefficient (Wildman–Crippen LogP) is 5.43. The van der Waals surface area contributed by atoms with Gasteiger partial charge < -0.3 is 9.30 Å². The Morgan fingerprint density at radius 3 is 2.50 bits per heavy atom. The van der Waals surface area contributed by atoms with E-state index in [4.69, 9.17) is 27.9 Å². The van der Waals surface area contributed by atoms with Crippen molar-refractivity contribution in [2.45, 2.75) is 19.6 Å². The third kappa shape index (κ3) is 5.17. The van der Waals surface area contributed by atoms with Crippen LogP contribution in [0.25, 0.3) is 0 Å². The lowest BCUT2D eigenvalue weighted by atomic mass is 10.1. The van der Waals surface area contributed by atoms with Crippen LogP contribution in [0.2, 0.25) is 10.0 Å². The van der Waals surface area contributed by atoms with Gasteiger partial charge in [0.2, 0.25) is 0 Å². The molecule has 3 rings (SSSR count). The second-order valence-corrected chi connectivity index (χ2v) is 6.06. The van der Waals surface area contributed by atoms with Crippen LogP contribution in [0.1, 0.15) is 11.1 Å². The van der Waals surface area contributed by atoms with E-state index >= 15 is 0 Å². The monoisotopic (exact) mass is 382 g/mol. The molecule has 24 heavy (non-hydrogen) atoms. The Bertz CT molecular complexity index is 758. The summed E-state index contributed by atoms with van der Waals surface area (Å²) in [6, 6.07) is 13.5. The molecule has 3 aromatic rings. The Hall–Kier alpha value is -1.68. The maximum absolute atomic E-state index is 6.14. The van der Waals surface area contributed by atoms with E-state index in [0.717, 1.165) is 24.3 Å². The summed E-state index contributed by atoms with van der Waals surface area (Å²) in [5.74, 6) is 0.822. The average Bonchev–Trinajstić information content (AvgIpc) is 3.07. The van der Waals surface area contributed by atoms with Gasteiger partial charge in [-0.05, 0) is 36.2 Å². The van der Waals surface area contributed by atoms with Gasteiger partial charge >= 0.3 is 0 Å². The quantitative estimate of drug-likeness (QED) is 0.567. The number of benzene rings is 2. The van der Waals surface area contributed by atoms with Gasteiger partial charge in [-0.1, -0.05) is 41.4 Å². The summed E-state index contributed by atoms with van der Waals surface area (Å²) in [5.41, 5.74) is 2.18. The number of halogens is 3. The lowest BCUT2D eigenvalue weighted by Gasteiger charge is -2.09. The Morgan fingerprint density at radius 1 is 1.04 bits per heavy atom. The summed E-state index contributed by atoms with van der Waals surface area (Å²) >= 11 is 12.0. The van der Waals surface area contributed by atoms with Crippen molar-refractivity contribution in [3.8, 4) is 5.75 Å². The van der Waals surface area contributed by atoms with Gasteiger partial charge in [-0.25, -0.2) is 4.98 Å². The fourth-order valence-electron chi connectivity index (χ4n) is 2.23. The zero-order valence-electron chi connectivity index (χ0n) is 12.9. The fraction of sp³-hybridized carbons (Fsp3) is 0.167. The fourth-order valence-corrected chi connectivity index (χ4v) is 2.69. The third-order valence-electron chi connectivity index (χ3n) is 3.55. The van der Waals surface area contributed by atoms with Crippen LogP contribution < -0.4 is 4.74 Å². The smallest absolute Gasteiger partial charge is 0.119 e. The van der Waals surface area contributed by atoms with E-state index in [2.05, 4.69) is 21.7 Å². The Morgan fingerprint density at radius 2 is 1.83 bits per heavy atom. The molecule has 0 amide bonds. The van der Waals surface area contributed by atoms with Gasteiger partial charge in [0.15, 0.2) is 0 Å². The first-order valence-electron chi connectivity index (χ1n) is 7.32. The zero-order valence-corrected chi connectivity index (χ0v) is 15.2. The molecular weight excluding hydrogens is 367 g/mol. The second-order valence-electron chi connectivity index (χ2n) is 5.22. The second kappa shape index (κ2) is 8.97. The largest absolute Gasteiger partial charge is 0.489 e. The maximum Gasteiger partial charge on any atom is 0.119 e. The Labute approximate surface area is 157 Å². The van der Waals surface area contributed by atoms with Gasteiger partial charge in [-0.2, -0.15) is 0 Å². The van der Waals surface area contributed by atoms with Crippen molar-refractivity contribution in [1.29, 1.82) is 0 Å². The number of hydrogen-bond acceptors (Lipinski definition) is 2. The minimum atomic E-state index is 0.